The number of nitrogens with zero attached hydrogens (tertiary/aromatic N) is 2. The van der Waals surface area contributed by atoms with Crippen molar-refractivity contribution in [3.63, 3.8) is 0 Å². The van der Waals surface area contributed by atoms with Gasteiger partial charge in [0.25, 0.3) is 15.7 Å². The highest BCUT2D eigenvalue weighted by atomic mass is 35.5. The van der Waals surface area contributed by atoms with Crippen LogP contribution in [0.3, 0.4) is 0 Å². The lowest BCUT2D eigenvalue weighted by Crippen LogP contribution is -2.36. The molecule has 0 heterocycles. The van der Waals surface area contributed by atoms with Crippen molar-refractivity contribution in [2.45, 2.75) is 4.90 Å². The van der Waals surface area contributed by atoms with E-state index >= 15 is 0 Å². The van der Waals surface area contributed by atoms with Crippen LogP contribution in [0.25, 0.3) is 0 Å². The lowest BCUT2D eigenvalue weighted by Gasteiger charge is -2.25. The quantitative estimate of drug-likeness (QED) is 0.345. The standard InChI is InChI=1S/C17H17ClN2O8S/c1-26-15-9-14(16(27-2)8-13(15)18)19(10-17(21)28-3)29(24,25)12-6-4-5-11(7-12)20(22)23/h4-9H,10H2,1-3H3. The van der Waals surface area contributed by atoms with Crippen LogP contribution in [0.15, 0.2) is 41.3 Å². The van der Waals surface area contributed by atoms with E-state index in [1.165, 1.54) is 38.5 Å². The fourth-order valence-corrected chi connectivity index (χ4v) is 4.09. The Kier molecular flexibility index (Phi) is 6.88. The molecule has 0 radical (unpaired) electrons. The molecule has 156 valence electrons. The third kappa shape index (κ3) is 4.69. The van der Waals surface area contributed by atoms with Gasteiger partial charge in [0.05, 0.1) is 41.9 Å². The van der Waals surface area contributed by atoms with E-state index in [2.05, 4.69) is 4.74 Å². The lowest BCUT2D eigenvalue weighted by atomic mass is 10.2. The van der Waals surface area contributed by atoms with Crippen LogP contribution < -0.4 is 13.8 Å². The van der Waals surface area contributed by atoms with Crippen LogP contribution in [0.2, 0.25) is 5.02 Å². The van der Waals surface area contributed by atoms with Crippen molar-refractivity contribution in [1.29, 1.82) is 0 Å². The molecule has 0 unspecified atom stereocenters. The van der Waals surface area contributed by atoms with Crippen LogP contribution in [0, 0.1) is 10.1 Å². The molecule has 0 bridgehead atoms. The number of ether oxygens (including phenoxy) is 3. The number of nitro groups is 1. The molecule has 2 aromatic carbocycles. The highest BCUT2D eigenvalue weighted by Crippen LogP contribution is 2.40. The Labute approximate surface area is 171 Å². The Balaban J connectivity index is 2.73. The molecule has 0 N–H and O–H groups in total. The van der Waals surface area contributed by atoms with Crippen LogP contribution in [-0.4, -0.2) is 47.2 Å². The van der Waals surface area contributed by atoms with Gasteiger partial charge in [0.1, 0.15) is 18.0 Å². The van der Waals surface area contributed by atoms with Gasteiger partial charge < -0.3 is 14.2 Å². The van der Waals surface area contributed by atoms with Crippen LogP contribution in [-0.2, 0) is 19.6 Å². The molecule has 0 aromatic heterocycles. The molecule has 2 aromatic rings. The molecule has 0 spiro atoms. The largest absolute Gasteiger partial charge is 0.495 e. The molecule has 0 atom stereocenters. The molecule has 0 aliphatic heterocycles. The summed E-state index contributed by atoms with van der Waals surface area (Å²) >= 11 is 6.07. The van der Waals surface area contributed by atoms with Crippen molar-refractivity contribution < 1.29 is 32.3 Å². The summed E-state index contributed by atoms with van der Waals surface area (Å²) < 4.78 is 42.2. The van der Waals surface area contributed by atoms with E-state index in [1.807, 2.05) is 0 Å². The number of carbonyl (C=O) groups is 1. The summed E-state index contributed by atoms with van der Waals surface area (Å²) in [6, 6.07) is 7.03. The number of methoxy groups -OCH3 is 3. The van der Waals surface area contributed by atoms with E-state index in [0.29, 0.717) is 4.31 Å². The predicted molar refractivity (Wildman–Crippen MR) is 104 cm³/mol. The molecule has 2 rings (SSSR count). The van der Waals surface area contributed by atoms with E-state index in [4.69, 9.17) is 21.1 Å². The van der Waals surface area contributed by atoms with Crippen LogP contribution in [0.5, 0.6) is 11.5 Å². The summed E-state index contributed by atoms with van der Waals surface area (Å²) in [5.74, 6) is -0.699. The van der Waals surface area contributed by atoms with E-state index in [-0.39, 0.29) is 22.2 Å². The second kappa shape index (κ2) is 8.97. The van der Waals surface area contributed by atoms with Crippen molar-refractivity contribution >= 4 is 39.0 Å². The van der Waals surface area contributed by atoms with Gasteiger partial charge in [0.15, 0.2) is 0 Å². The Bertz CT molecular complexity index is 1040. The molecule has 0 aliphatic carbocycles. The first kappa shape index (κ1) is 22.2. The molecule has 10 nitrogen and oxygen atoms in total. The number of sulfonamides is 1. The third-order valence-corrected chi connectivity index (χ3v) is 5.89. The summed E-state index contributed by atoms with van der Waals surface area (Å²) in [7, 11) is -0.719. The Hall–Kier alpha value is -3.05. The number of hydrogen-bond acceptors (Lipinski definition) is 8. The number of benzene rings is 2. The molecule has 0 fully saturated rings. The van der Waals surface area contributed by atoms with Gasteiger partial charge in [-0.25, -0.2) is 8.42 Å². The van der Waals surface area contributed by atoms with Crippen molar-refractivity contribution in [2.24, 2.45) is 0 Å². The SMILES string of the molecule is COC(=O)CN(c1cc(OC)c(Cl)cc1OC)S(=O)(=O)c1cccc([N+](=O)[O-])c1. The molecule has 12 heteroatoms. The second-order valence-electron chi connectivity index (χ2n) is 5.50. The van der Waals surface area contributed by atoms with Gasteiger partial charge in [-0.15, -0.1) is 0 Å². The maximum atomic E-state index is 13.3. The smallest absolute Gasteiger partial charge is 0.326 e. The highest BCUT2D eigenvalue weighted by molar-refractivity contribution is 7.92. The van der Waals surface area contributed by atoms with Gasteiger partial charge in [0, 0.05) is 24.3 Å². The van der Waals surface area contributed by atoms with Crippen LogP contribution >= 0.6 is 11.6 Å². The van der Waals surface area contributed by atoms with Crippen molar-refractivity contribution in [1.82, 2.24) is 0 Å². The minimum absolute atomic E-state index is 0.0358. The van der Waals surface area contributed by atoms with Gasteiger partial charge in [-0.3, -0.25) is 19.2 Å². The average Bonchev–Trinajstić information content (AvgIpc) is 2.71. The number of halogens is 1. The fraction of sp³-hybridized carbons (Fsp3) is 0.235. The Morgan fingerprint density at radius 2 is 1.79 bits per heavy atom. The minimum Gasteiger partial charge on any atom is -0.495 e. The molecule has 29 heavy (non-hydrogen) atoms. The van der Waals surface area contributed by atoms with E-state index in [9.17, 15) is 23.3 Å². The zero-order valence-electron chi connectivity index (χ0n) is 15.6. The maximum Gasteiger partial charge on any atom is 0.326 e. The predicted octanol–water partition coefficient (Wildman–Crippen LogP) is 2.63. The van der Waals surface area contributed by atoms with Gasteiger partial charge in [-0.2, -0.15) is 0 Å². The summed E-state index contributed by atoms with van der Waals surface area (Å²) in [5, 5.41) is 11.2. The van der Waals surface area contributed by atoms with Crippen molar-refractivity contribution in [2.75, 3.05) is 32.2 Å². The molecular weight excluding hydrogens is 428 g/mol. The first-order chi connectivity index (χ1) is 13.6. The zero-order valence-corrected chi connectivity index (χ0v) is 17.2. The third-order valence-electron chi connectivity index (χ3n) is 3.84. The number of anilines is 1. The number of esters is 1. The monoisotopic (exact) mass is 444 g/mol. The van der Waals surface area contributed by atoms with E-state index in [0.717, 1.165) is 19.2 Å². The van der Waals surface area contributed by atoms with Crippen LogP contribution in [0.4, 0.5) is 11.4 Å². The van der Waals surface area contributed by atoms with Crippen LogP contribution in [0.1, 0.15) is 0 Å². The first-order valence-corrected chi connectivity index (χ1v) is 9.73. The van der Waals surface area contributed by atoms with Crippen molar-refractivity contribution in [3.8, 4) is 11.5 Å². The Morgan fingerprint density at radius 1 is 1.14 bits per heavy atom. The number of carbonyl (C=O) groups excluding carboxylic acids is 1. The number of rotatable bonds is 8. The number of nitro benzene ring substituents is 1. The van der Waals surface area contributed by atoms with E-state index in [1.54, 1.807) is 0 Å². The van der Waals surface area contributed by atoms with Gasteiger partial charge in [-0.05, 0) is 6.07 Å². The fourth-order valence-electron chi connectivity index (χ4n) is 2.41. The van der Waals surface area contributed by atoms with Crippen molar-refractivity contribution in [3.05, 3.63) is 51.5 Å². The summed E-state index contributed by atoms with van der Waals surface area (Å²) in [5.41, 5.74) is -0.490. The zero-order chi connectivity index (χ0) is 21.8. The maximum absolute atomic E-state index is 13.3. The topological polar surface area (TPSA) is 125 Å². The minimum atomic E-state index is -4.44. The molecule has 0 aliphatic rings. The summed E-state index contributed by atoms with van der Waals surface area (Å²) in [4.78, 5) is 21.8. The van der Waals surface area contributed by atoms with Gasteiger partial charge in [0.2, 0.25) is 0 Å². The highest BCUT2D eigenvalue weighted by Gasteiger charge is 2.31. The molecule has 0 saturated heterocycles. The average molecular weight is 445 g/mol. The Morgan fingerprint density at radius 3 is 2.34 bits per heavy atom. The second-order valence-corrected chi connectivity index (χ2v) is 7.77. The van der Waals surface area contributed by atoms with Gasteiger partial charge in [-0.1, -0.05) is 17.7 Å². The summed E-state index contributed by atoms with van der Waals surface area (Å²) in [6.07, 6.45) is 0. The molecule has 0 saturated carbocycles. The van der Waals surface area contributed by atoms with Gasteiger partial charge >= 0.3 is 5.97 Å². The molecule has 0 amide bonds. The lowest BCUT2D eigenvalue weighted by molar-refractivity contribution is -0.385. The summed E-state index contributed by atoms with van der Waals surface area (Å²) in [6.45, 7) is -0.720. The first-order valence-electron chi connectivity index (χ1n) is 7.91. The number of non-ortho nitro benzene ring substituents is 1. The molecular formula is C17H17ClN2O8S. The van der Waals surface area contributed by atoms with E-state index < -0.39 is 38.0 Å². The number of hydrogen-bond donors (Lipinski definition) is 0. The normalized spacial score (nSPS) is 10.9.